The van der Waals surface area contributed by atoms with E-state index >= 15 is 0 Å². The van der Waals surface area contributed by atoms with E-state index in [0.29, 0.717) is 11.6 Å². The number of rotatable bonds is 4. The van der Waals surface area contributed by atoms with E-state index in [2.05, 4.69) is 43.4 Å². The van der Waals surface area contributed by atoms with E-state index in [1.807, 2.05) is 18.2 Å². The summed E-state index contributed by atoms with van der Waals surface area (Å²) in [6.45, 7) is 4.37. The molecule has 0 unspecified atom stereocenters. The van der Waals surface area contributed by atoms with E-state index in [-0.39, 0.29) is 0 Å². The standard InChI is InChI=1S/C16H20N2O/c1-11(2)12-4-6-13(7-5-12)18-16-10-14(19-3)8-9-15(16)17/h4-11,18H,17H2,1-3H3. The number of methoxy groups -OCH3 is 1. The number of nitrogens with one attached hydrogen (secondary N) is 1. The predicted molar refractivity (Wildman–Crippen MR) is 81.2 cm³/mol. The van der Waals surface area contributed by atoms with Gasteiger partial charge in [0.2, 0.25) is 0 Å². The van der Waals surface area contributed by atoms with Gasteiger partial charge >= 0.3 is 0 Å². The van der Waals surface area contributed by atoms with Crippen molar-refractivity contribution in [3.63, 3.8) is 0 Å². The van der Waals surface area contributed by atoms with Crippen LogP contribution in [0.25, 0.3) is 0 Å². The van der Waals surface area contributed by atoms with E-state index in [0.717, 1.165) is 17.1 Å². The maximum atomic E-state index is 5.95. The average molecular weight is 256 g/mol. The van der Waals surface area contributed by atoms with Crippen LogP contribution >= 0.6 is 0 Å². The van der Waals surface area contributed by atoms with Crippen molar-refractivity contribution in [1.82, 2.24) is 0 Å². The van der Waals surface area contributed by atoms with Crippen LogP contribution in [0.4, 0.5) is 17.1 Å². The first-order valence-electron chi connectivity index (χ1n) is 6.40. The van der Waals surface area contributed by atoms with Gasteiger partial charge in [0.1, 0.15) is 5.75 Å². The molecule has 3 heteroatoms. The predicted octanol–water partition coefficient (Wildman–Crippen LogP) is 4.14. The van der Waals surface area contributed by atoms with E-state index < -0.39 is 0 Å². The highest BCUT2D eigenvalue weighted by molar-refractivity contribution is 5.74. The molecule has 0 fully saturated rings. The Morgan fingerprint density at radius 2 is 1.74 bits per heavy atom. The van der Waals surface area contributed by atoms with Crippen molar-refractivity contribution in [3.05, 3.63) is 48.0 Å². The highest BCUT2D eigenvalue weighted by atomic mass is 16.5. The van der Waals surface area contributed by atoms with Crippen LogP contribution in [-0.2, 0) is 0 Å². The summed E-state index contributed by atoms with van der Waals surface area (Å²) >= 11 is 0. The molecule has 0 spiro atoms. The quantitative estimate of drug-likeness (QED) is 0.808. The maximum absolute atomic E-state index is 5.95. The highest BCUT2D eigenvalue weighted by Gasteiger charge is 2.03. The van der Waals surface area contributed by atoms with Crippen LogP contribution < -0.4 is 15.8 Å². The maximum Gasteiger partial charge on any atom is 0.121 e. The van der Waals surface area contributed by atoms with Gasteiger partial charge in [0.05, 0.1) is 18.5 Å². The fourth-order valence-corrected chi connectivity index (χ4v) is 1.88. The first-order valence-corrected chi connectivity index (χ1v) is 6.40. The Labute approximate surface area is 114 Å². The number of nitrogens with two attached hydrogens (primary N) is 1. The zero-order chi connectivity index (χ0) is 13.8. The zero-order valence-corrected chi connectivity index (χ0v) is 11.6. The summed E-state index contributed by atoms with van der Waals surface area (Å²) in [5.41, 5.74) is 9.85. The van der Waals surface area contributed by atoms with Crippen LogP contribution in [-0.4, -0.2) is 7.11 Å². The zero-order valence-electron chi connectivity index (χ0n) is 11.6. The fourth-order valence-electron chi connectivity index (χ4n) is 1.88. The van der Waals surface area contributed by atoms with Crippen molar-refractivity contribution in [2.24, 2.45) is 0 Å². The molecule has 0 aromatic heterocycles. The van der Waals surface area contributed by atoms with Crippen LogP contribution in [0.2, 0.25) is 0 Å². The van der Waals surface area contributed by atoms with Gasteiger partial charge in [-0.1, -0.05) is 26.0 Å². The number of ether oxygens (including phenoxy) is 1. The lowest BCUT2D eigenvalue weighted by molar-refractivity contribution is 0.415. The monoisotopic (exact) mass is 256 g/mol. The largest absolute Gasteiger partial charge is 0.497 e. The first-order chi connectivity index (χ1) is 9.10. The lowest BCUT2D eigenvalue weighted by Gasteiger charge is -2.12. The van der Waals surface area contributed by atoms with Gasteiger partial charge in [0.15, 0.2) is 0 Å². The summed E-state index contributed by atoms with van der Waals surface area (Å²) in [6, 6.07) is 14.0. The summed E-state index contributed by atoms with van der Waals surface area (Å²) in [5, 5.41) is 3.31. The minimum absolute atomic E-state index is 0.538. The van der Waals surface area contributed by atoms with Gasteiger partial charge in [-0.2, -0.15) is 0 Å². The second kappa shape index (κ2) is 5.65. The van der Waals surface area contributed by atoms with Gasteiger partial charge in [-0.3, -0.25) is 0 Å². The summed E-state index contributed by atoms with van der Waals surface area (Å²) in [4.78, 5) is 0. The molecule has 0 radical (unpaired) electrons. The molecular formula is C16H20N2O. The summed E-state index contributed by atoms with van der Waals surface area (Å²) in [6.07, 6.45) is 0. The molecule has 100 valence electrons. The van der Waals surface area contributed by atoms with Crippen LogP contribution in [0, 0.1) is 0 Å². The molecule has 2 aromatic rings. The number of hydrogen-bond donors (Lipinski definition) is 2. The molecule has 0 saturated carbocycles. The Bertz CT molecular complexity index is 547. The third-order valence-electron chi connectivity index (χ3n) is 3.12. The van der Waals surface area contributed by atoms with E-state index in [1.54, 1.807) is 7.11 Å². The second-order valence-electron chi connectivity index (χ2n) is 4.85. The Kier molecular flexibility index (Phi) is 3.95. The molecule has 0 heterocycles. The third kappa shape index (κ3) is 3.19. The summed E-state index contributed by atoms with van der Waals surface area (Å²) < 4.78 is 5.20. The van der Waals surface area contributed by atoms with Crippen molar-refractivity contribution in [1.29, 1.82) is 0 Å². The minimum atomic E-state index is 0.538. The number of hydrogen-bond acceptors (Lipinski definition) is 3. The topological polar surface area (TPSA) is 47.3 Å². The van der Waals surface area contributed by atoms with Crippen LogP contribution in [0.1, 0.15) is 25.3 Å². The Hall–Kier alpha value is -2.16. The van der Waals surface area contributed by atoms with Crippen molar-refractivity contribution in [2.45, 2.75) is 19.8 Å². The lowest BCUT2D eigenvalue weighted by atomic mass is 10.0. The molecular weight excluding hydrogens is 236 g/mol. The van der Waals surface area contributed by atoms with Crippen LogP contribution in [0.15, 0.2) is 42.5 Å². The van der Waals surface area contributed by atoms with Crippen molar-refractivity contribution in [2.75, 3.05) is 18.2 Å². The van der Waals surface area contributed by atoms with Gasteiger partial charge in [-0.25, -0.2) is 0 Å². The molecule has 0 aliphatic rings. The van der Waals surface area contributed by atoms with E-state index in [4.69, 9.17) is 10.5 Å². The smallest absolute Gasteiger partial charge is 0.121 e. The van der Waals surface area contributed by atoms with E-state index in [9.17, 15) is 0 Å². The van der Waals surface area contributed by atoms with Gasteiger partial charge in [0, 0.05) is 11.8 Å². The van der Waals surface area contributed by atoms with Crippen molar-refractivity contribution >= 4 is 17.1 Å². The summed E-state index contributed by atoms with van der Waals surface area (Å²) in [5.74, 6) is 1.33. The fraction of sp³-hybridized carbons (Fsp3) is 0.250. The minimum Gasteiger partial charge on any atom is -0.497 e. The van der Waals surface area contributed by atoms with Gasteiger partial charge < -0.3 is 15.8 Å². The first kappa shape index (κ1) is 13.3. The molecule has 2 rings (SSSR count). The molecule has 0 saturated heterocycles. The molecule has 3 nitrogen and oxygen atoms in total. The number of nitrogen functional groups attached to an aromatic ring is 1. The van der Waals surface area contributed by atoms with Gasteiger partial charge in [-0.05, 0) is 35.7 Å². The molecule has 0 aliphatic heterocycles. The van der Waals surface area contributed by atoms with Gasteiger partial charge in [-0.15, -0.1) is 0 Å². The average Bonchev–Trinajstić information content (AvgIpc) is 2.42. The Morgan fingerprint density at radius 1 is 1.05 bits per heavy atom. The second-order valence-corrected chi connectivity index (χ2v) is 4.85. The molecule has 0 bridgehead atoms. The molecule has 0 amide bonds. The van der Waals surface area contributed by atoms with Crippen molar-refractivity contribution < 1.29 is 4.74 Å². The van der Waals surface area contributed by atoms with E-state index in [1.165, 1.54) is 5.56 Å². The van der Waals surface area contributed by atoms with Crippen LogP contribution in [0.3, 0.4) is 0 Å². The third-order valence-corrected chi connectivity index (χ3v) is 3.12. The Morgan fingerprint density at radius 3 is 2.32 bits per heavy atom. The molecule has 0 aliphatic carbocycles. The highest BCUT2D eigenvalue weighted by Crippen LogP contribution is 2.28. The number of benzene rings is 2. The normalized spacial score (nSPS) is 10.5. The number of anilines is 3. The molecule has 0 atom stereocenters. The molecule has 19 heavy (non-hydrogen) atoms. The molecule has 2 aromatic carbocycles. The van der Waals surface area contributed by atoms with Crippen LogP contribution in [0.5, 0.6) is 5.75 Å². The lowest BCUT2D eigenvalue weighted by Crippen LogP contribution is -1.97. The SMILES string of the molecule is COc1ccc(N)c(Nc2ccc(C(C)C)cc2)c1. The Balaban J connectivity index is 2.20. The molecule has 3 N–H and O–H groups in total. The summed E-state index contributed by atoms with van der Waals surface area (Å²) in [7, 11) is 1.65. The van der Waals surface area contributed by atoms with Crippen molar-refractivity contribution in [3.8, 4) is 5.75 Å². The van der Waals surface area contributed by atoms with Gasteiger partial charge in [0.25, 0.3) is 0 Å².